The van der Waals surface area contributed by atoms with Gasteiger partial charge >= 0.3 is 0 Å². The molecule has 2 nitrogen and oxygen atoms in total. The van der Waals surface area contributed by atoms with Crippen LogP contribution in [0.2, 0.25) is 0 Å². The Morgan fingerprint density at radius 2 is 1.72 bits per heavy atom. The van der Waals surface area contributed by atoms with E-state index < -0.39 is 0 Å². The molecule has 18 heavy (non-hydrogen) atoms. The normalized spacial score (nSPS) is 10.3. The molecule has 0 bridgehead atoms. The topological polar surface area (TPSA) is 38.0 Å². The van der Waals surface area contributed by atoms with Crippen molar-refractivity contribution in [2.24, 2.45) is 0 Å². The van der Waals surface area contributed by atoms with Crippen LogP contribution in [-0.4, -0.2) is 6.26 Å². The zero-order valence-corrected chi connectivity index (χ0v) is 11.3. The fourth-order valence-corrected chi connectivity index (χ4v) is 2.31. The Kier molecular flexibility index (Phi) is 4.53. The predicted molar refractivity (Wildman–Crippen MR) is 81.8 cm³/mol. The van der Waals surface area contributed by atoms with Gasteiger partial charge in [0.15, 0.2) is 0 Å². The largest absolute Gasteiger partial charge is 0.397 e. The summed E-state index contributed by atoms with van der Waals surface area (Å²) in [4.78, 5) is 0. The molecule has 0 saturated carbocycles. The average Bonchev–Trinajstić information content (AvgIpc) is 2.41. The van der Waals surface area contributed by atoms with Crippen LogP contribution in [0.5, 0.6) is 0 Å². The minimum absolute atomic E-state index is 0.815. The van der Waals surface area contributed by atoms with Crippen LogP contribution >= 0.6 is 11.9 Å². The van der Waals surface area contributed by atoms with Gasteiger partial charge in [0.05, 0.1) is 11.4 Å². The Morgan fingerprint density at radius 1 is 1.00 bits per heavy atom. The molecule has 0 unspecified atom stereocenters. The number of anilines is 2. The standard InChI is InChI=1S/C15H18N2S/c1-18-17-15-10-9-13(11-14(15)16)8-7-12-5-3-2-4-6-12/h2-6,9-11,17H,7-8,16H2,1H3. The van der Waals surface area contributed by atoms with E-state index in [4.69, 9.17) is 5.73 Å². The van der Waals surface area contributed by atoms with Crippen molar-refractivity contribution in [3.63, 3.8) is 0 Å². The molecule has 0 aromatic heterocycles. The van der Waals surface area contributed by atoms with Gasteiger partial charge in [-0.2, -0.15) is 0 Å². The zero-order chi connectivity index (χ0) is 12.8. The van der Waals surface area contributed by atoms with Crippen LogP contribution < -0.4 is 10.5 Å². The van der Waals surface area contributed by atoms with Crippen molar-refractivity contribution in [2.45, 2.75) is 12.8 Å². The van der Waals surface area contributed by atoms with Crippen LogP contribution in [0.1, 0.15) is 11.1 Å². The predicted octanol–water partition coefficient (Wildman–Crippen LogP) is 3.74. The quantitative estimate of drug-likeness (QED) is 0.633. The Labute approximate surface area is 113 Å². The first-order valence-electron chi connectivity index (χ1n) is 6.01. The highest BCUT2D eigenvalue weighted by Crippen LogP contribution is 2.22. The summed E-state index contributed by atoms with van der Waals surface area (Å²) in [7, 11) is 0. The van der Waals surface area contributed by atoms with Gasteiger partial charge < -0.3 is 10.5 Å². The van der Waals surface area contributed by atoms with Crippen molar-refractivity contribution in [1.82, 2.24) is 0 Å². The van der Waals surface area contributed by atoms with Gasteiger partial charge in [-0.25, -0.2) is 0 Å². The smallest absolute Gasteiger partial charge is 0.0673 e. The van der Waals surface area contributed by atoms with Gasteiger partial charge in [0.1, 0.15) is 0 Å². The molecule has 0 atom stereocenters. The third kappa shape index (κ3) is 3.44. The van der Waals surface area contributed by atoms with Gasteiger partial charge in [0, 0.05) is 6.26 Å². The van der Waals surface area contributed by atoms with E-state index in [0.717, 1.165) is 24.2 Å². The third-order valence-corrected chi connectivity index (χ3v) is 3.30. The zero-order valence-electron chi connectivity index (χ0n) is 10.5. The van der Waals surface area contributed by atoms with E-state index in [9.17, 15) is 0 Å². The number of benzene rings is 2. The van der Waals surface area contributed by atoms with Crippen LogP contribution in [0.25, 0.3) is 0 Å². The SMILES string of the molecule is CSNc1ccc(CCc2ccccc2)cc1N. The van der Waals surface area contributed by atoms with Crippen molar-refractivity contribution < 1.29 is 0 Å². The van der Waals surface area contributed by atoms with E-state index in [1.165, 1.54) is 11.1 Å². The van der Waals surface area contributed by atoms with Crippen molar-refractivity contribution in [2.75, 3.05) is 16.7 Å². The monoisotopic (exact) mass is 258 g/mol. The number of nitrogen functional groups attached to an aromatic ring is 1. The average molecular weight is 258 g/mol. The first-order valence-corrected chi connectivity index (χ1v) is 7.23. The molecule has 0 radical (unpaired) electrons. The summed E-state index contributed by atoms with van der Waals surface area (Å²) < 4.78 is 3.17. The summed E-state index contributed by atoms with van der Waals surface area (Å²) >= 11 is 1.55. The second-order valence-corrected chi connectivity index (χ2v) is 4.83. The number of aryl methyl sites for hydroxylation is 2. The summed E-state index contributed by atoms with van der Waals surface area (Å²) in [5, 5.41) is 0. The molecule has 0 fully saturated rings. The van der Waals surface area contributed by atoms with Crippen molar-refractivity contribution >= 4 is 23.3 Å². The van der Waals surface area contributed by atoms with Gasteiger partial charge in [0.25, 0.3) is 0 Å². The summed E-state index contributed by atoms with van der Waals surface area (Å²) in [6.07, 6.45) is 4.06. The highest BCUT2D eigenvalue weighted by atomic mass is 32.2. The third-order valence-electron chi connectivity index (χ3n) is 2.87. The van der Waals surface area contributed by atoms with Crippen molar-refractivity contribution in [1.29, 1.82) is 0 Å². The van der Waals surface area contributed by atoms with E-state index in [-0.39, 0.29) is 0 Å². The molecule has 2 rings (SSSR count). The highest BCUT2D eigenvalue weighted by molar-refractivity contribution is 7.99. The minimum Gasteiger partial charge on any atom is -0.397 e. The summed E-state index contributed by atoms with van der Waals surface area (Å²) in [6.45, 7) is 0. The van der Waals surface area contributed by atoms with Crippen LogP contribution in [0.15, 0.2) is 48.5 Å². The van der Waals surface area contributed by atoms with Gasteiger partial charge in [0.2, 0.25) is 0 Å². The van der Waals surface area contributed by atoms with Gasteiger partial charge in [-0.05, 0) is 36.1 Å². The van der Waals surface area contributed by atoms with Crippen LogP contribution in [0, 0.1) is 0 Å². The molecule has 3 N–H and O–H groups in total. The van der Waals surface area contributed by atoms with Gasteiger partial charge in [-0.3, -0.25) is 0 Å². The second-order valence-electron chi connectivity index (χ2n) is 4.21. The Morgan fingerprint density at radius 3 is 2.39 bits per heavy atom. The van der Waals surface area contributed by atoms with Crippen molar-refractivity contribution in [3.8, 4) is 0 Å². The number of rotatable bonds is 5. The maximum atomic E-state index is 6.00. The molecule has 94 valence electrons. The van der Waals surface area contributed by atoms with Gasteiger partial charge in [-0.15, -0.1) is 0 Å². The Hall–Kier alpha value is -1.61. The lowest BCUT2D eigenvalue weighted by molar-refractivity contribution is 0.961. The maximum absolute atomic E-state index is 6.00. The molecule has 2 aromatic carbocycles. The summed E-state index contributed by atoms with van der Waals surface area (Å²) in [6, 6.07) is 16.8. The van der Waals surface area contributed by atoms with Crippen LogP contribution in [-0.2, 0) is 12.8 Å². The first kappa shape index (κ1) is 12.8. The lowest BCUT2D eigenvalue weighted by atomic mass is 10.0. The first-order chi connectivity index (χ1) is 8.79. The number of hydrogen-bond acceptors (Lipinski definition) is 3. The maximum Gasteiger partial charge on any atom is 0.0673 e. The van der Waals surface area contributed by atoms with E-state index in [2.05, 4.69) is 41.1 Å². The summed E-state index contributed by atoms with van der Waals surface area (Å²) in [5.41, 5.74) is 10.5. The molecule has 0 aliphatic rings. The number of nitrogens with two attached hydrogens (primary N) is 1. The van der Waals surface area contributed by atoms with Crippen molar-refractivity contribution in [3.05, 3.63) is 59.7 Å². The molecule has 0 heterocycles. The fourth-order valence-electron chi connectivity index (χ4n) is 1.90. The molecule has 0 amide bonds. The molecule has 0 aliphatic heterocycles. The number of nitrogens with one attached hydrogen (secondary N) is 1. The summed E-state index contributed by atoms with van der Waals surface area (Å²) in [5.74, 6) is 0. The Balaban J connectivity index is 2.00. The lowest BCUT2D eigenvalue weighted by Gasteiger charge is -2.08. The molecule has 0 aliphatic carbocycles. The van der Waals surface area contributed by atoms with Crippen LogP contribution in [0.3, 0.4) is 0 Å². The molecular formula is C15H18N2S. The van der Waals surface area contributed by atoms with E-state index >= 15 is 0 Å². The molecular weight excluding hydrogens is 240 g/mol. The molecule has 0 saturated heterocycles. The molecule has 0 spiro atoms. The van der Waals surface area contributed by atoms with E-state index in [0.29, 0.717) is 0 Å². The van der Waals surface area contributed by atoms with Crippen LogP contribution in [0.4, 0.5) is 11.4 Å². The molecule has 2 aromatic rings. The van der Waals surface area contributed by atoms with E-state index in [1.54, 1.807) is 11.9 Å². The molecule has 3 heteroatoms. The second kappa shape index (κ2) is 6.36. The Bertz CT molecular complexity index is 497. The minimum atomic E-state index is 0.815. The fraction of sp³-hybridized carbons (Fsp3) is 0.200. The van der Waals surface area contributed by atoms with E-state index in [1.807, 2.05) is 18.4 Å². The lowest BCUT2D eigenvalue weighted by Crippen LogP contribution is -1.97. The van der Waals surface area contributed by atoms with Gasteiger partial charge in [-0.1, -0.05) is 48.3 Å². The highest BCUT2D eigenvalue weighted by Gasteiger charge is 2.01. The number of hydrogen-bond donors (Lipinski definition) is 2.